The van der Waals surface area contributed by atoms with Crippen molar-refractivity contribution in [1.82, 2.24) is 4.57 Å². The predicted octanol–water partition coefficient (Wildman–Crippen LogP) is 3.18. The normalized spacial score (nSPS) is 11.1. The molecule has 0 bridgehead atoms. The van der Waals surface area contributed by atoms with Crippen molar-refractivity contribution in [3.63, 3.8) is 0 Å². The second-order valence-corrected chi connectivity index (χ2v) is 6.33. The molecular weight excluding hydrogens is 345 g/mol. The molecule has 0 fully saturated rings. The molecule has 0 saturated carbocycles. The van der Waals surface area contributed by atoms with E-state index in [0.29, 0.717) is 28.4 Å². The fraction of sp³-hybridized carbons (Fsp3) is 0.0476. The van der Waals surface area contributed by atoms with Gasteiger partial charge in [-0.1, -0.05) is 24.3 Å². The number of hydrogen-bond acceptors (Lipinski definition) is 2. The van der Waals surface area contributed by atoms with E-state index in [1.54, 1.807) is 30.3 Å². The zero-order valence-corrected chi connectivity index (χ0v) is 14.3. The highest BCUT2D eigenvalue weighted by atomic mass is 19.1. The third kappa shape index (κ3) is 2.71. The predicted molar refractivity (Wildman–Crippen MR) is 102 cm³/mol. The summed E-state index contributed by atoms with van der Waals surface area (Å²) in [6.07, 6.45) is 0. The minimum absolute atomic E-state index is 0.324. The van der Waals surface area contributed by atoms with E-state index in [-0.39, 0.29) is 0 Å². The van der Waals surface area contributed by atoms with Crippen LogP contribution in [0.2, 0.25) is 0 Å². The Morgan fingerprint density at radius 1 is 0.852 bits per heavy atom. The number of halogens is 1. The number of aromatic nitrogens is 1. The number of hydrogen-bond donors (Lipinski definition) is 2. The number of benzene rings is 3. The summed E-state index contributed by atoms with van der Waals surface area (Å²) in [4.78, 5) is 23.7. The molecule has 1 aromatic heterocycles. The van der Waals surface area contributed by atoms with E-state index in [0.717, 1.165) is 16.6 Å². The summed E-state index contributed by atoms with van der Waals surface area (Å²) in [5.74, 6) is -1.50. The highest BCUT2D eigenvalue weighted by molar-refractivity contribution is 6.17. The fourth-order valence-electron chi connectivity index (χ4n) is 3.57. The number of fused-ring (bicyclic) bond motifs is 3. The molecule has 6 heteroatoms. The maximum atomic E-state index is 13.9. The number of nitrogens with two attached hydrogens (primary N) is 2. The van der Waals surface area contributed by atoms with Gasteiger partial charge in [0.15, 0.2) is 0 Å². The SMILES string of the molecule is NC(=O)c1ccccc1Cn1c2ccc(F)cc2c2c(C(N)=O)cccc21. The molecule has 0 saturated heterocycles. The standard InChI is InChI=1S/C21H16FN3O2/c22-13-8-9-17-16(10-13)19-15(21(24)27)6-3-7-18(19)25(17)11-12-4-1-2-5-14(12)20(23)26/h1-10H,11H2,(H2,23,26)(H2,24,27). The molecule has 1 heterocycles. The molecule has 0 unspecified atom stereocenters. The van der Waals surface area contributed by atoms with Crippen molar-refractivity contribution in [2.75, 3.05) is 0 Å². The monoisotopic (exact) mass is 361 g/mol. The summed E-state index contributed by atoms with van der Waals surface area (Å²) < 4.78 is 15.8. The number of carbonyl (C=O) groups excluding carboxylic acids is 2. The molecule has 0 aliphatic heterocycles. The van der Waals surface area contributed by atoms with Gasteiger partial charge in [-0.2, -0.15) is 0 Å². The van der Waals surface area contributed by atoms with Gasteiger partial charge in [-0.05, 0) is 42.0 Å². The molecule has 3 aromatic carbocycles. The van der Waals surface area contributed by atoms with Gasteiger partial charge < -0.3 is 16.0 Å². The van der Waals surface area contributed by atoms with Gasteiger partial charge in [0.05, 0.1) is 5.52 Å². The van der Waals surface area contributed by atoms with Crippen molar-refractivity contribution in [3.8, 4) is 0 Å². The molecule has 0 atom stereocenters. The van der Waals surface area contributed by atoms with Crippen molar-refractivity contribution in [2.45, 2.75) is 6.54 Å². The Balaban J connectivity index is 2.05. The van der Waals surface area contributed by atoms with Crippen molar-refractivity contribution < 1.29 is 14.0 Å². The molecule has 4 aromatic rings. The minimum atomic E-state index is -0.582. The van der Waals surface area contributed by atoms with Gasteiger partial charge >= 0.3 is 0 Å². The highest BCUT2D eigenvalue weighted by Crippen LogP contribution is 2.33. The van der Waals surface area contributed by atoms with Crippen molar-refractivity contribution in [2.24, 2.45) is 11.5 Å². The van der Waals surface area contributed by atoms with Gasteiger partial charge in [-0.3, -0.25) is 9.59 Å². The number of primary amides is 2. The molecular formula is C21H16FN3O2. The number of rotatable bonds is 4. The van der Waals surface area contributed by atoms with Crippen molar-refractivity contribution in [3.05, 3.63) is 83.2 Å². The van der Waals surface area contributed by atoms with Crippen LogP contribution in [0.15, 0.2) is 60.7 Å². The molecule has 0 spiro atoms. The van der Waals surface area contributed by atoms with Crippen LogP contribution < -0.4 is 11.5 Å². The van der Waals surface area contributed by atoms with E-state index in [1.165, 1.54) is 12.1 Å². The Kier molecular flexibility index (Phi) is 3.88. The van der Waals surface area contributed by atoms with Crippen LogP contribution in [-0.2, 0) is 6.54 Å². The fourth-order valence-corrected chi connectivity index (χ4v) is 3.57. The molecule has 4 N–H and O–H groups in total. The van der Waals surface area contributed by atoms with Gasteiger partial charge in [0.1, 0.15) is 5.82 Å². The lowest BCUT2D eigenvalue weighted by molar-refractivity contribution is 0.0992. The van der Waals surface area contributed by atoms with Crippen LogP contribution in [0, 0.1) is 5.82 Å². The molecule has 0 radical (unpaired) electrons. The van der Waals surface area contributed by atoms with E-state index >= 15 is 0 Å². The van der Waals surface area contributed by atoms with E-state index in [2.05, 4.69) is 0 Å². The lowest BCUT2D eigenvalue weighted by Gasteiger charge is -2.11. The highest BCUT2D eigenvalue weighted by Gasteiger charge is 2.18. The lowest BCUT2D eigenvalue weighted by Crippen LogP contribution is -2.15. The summed E-state index contributed by atoms with van der Waals surface area (Å²) >= 11 is 0. The van der Waals surface area contributed by atoms with E-state index in [9.17, 15) is 14.0 Å². The Labute approximate surface area is 154 Å². The molecule has 0 aliphatic rings. The summed E-state index contributed by atoms with van der Waals surface area (Å²) in [6, 6.07) is 16.7. The second-order valence-electron chi connectivity index (χ2n) is 6.33. The maximum Gasteiger partial charge on any atom is 0.249 e. The Hall–Kier alpha value is -3.67. The Bertz CT molecular complexity index is 1230. The maximum absolute atomic E-state index is 13.9. The first kappa shape index (κ1) is 16.8. The minimum Gasteiger partial charge on any atom is -0.366 e. The van der Waals surface area contributed by atoms with Crippen LogP contribution in [0.3, 0.4) is 0 Å². The Morgan fingerprint density at radius 3 is 2.30 bits per heavy atom. The molecule has 27 heavy (non-hydrogen) atoms. The number of nitrogens with zero attached hydrogens (tertiary/aromatic N) is 1. The molecule has 5 nitrogen and oxygen atoms in total. The van der Waals surface area contributed by atoms with Gasteiger partial charge in [-0.15, -0.1) is 0 Å². The van der Waals surface area contributed by atoms with Crippen LogP contribution in [0.1, 0.15) is 26.3 Å². The van der Waals surface area contributed by atoms with Gasteiger partial charge in [0.2, 0.25) is 11.8 Å². The number of amides is 2. The third-order valence-electron chi connectivity index (χ3n) is 4.73. The first-order valence-corrected chi connectivity index (χ1v) is 8.35. The smallest absolute Gasteiger partial charge is 0.249 e. The third-order valence-corrected chi connectivity index (χ3v) is 4.73. The lowest BCUT2D eigenvalue weighted by atomic mass is 10.1. The number of carbonyl (C=O) groups is 2. The van der Waals surface area contributed by atoms with Gasteiger partial charge in [-0.25, -0.2) is 4.39 Å². The van der Waals surface area contributed by atoms with Crippen LogP contribution in [0.5, 0.6) is 0 Å². The topological polar surface area (TPSA) is 91.1 Å². The molecule has 4 rings (SSSR count). The van der Waals surface area contributed by atoms with E-state index in [4.69, 9.17) is 11.5 Å². The zero-order chi connectivity index (χ0) is 19.1. The van der Waals surface area contributed by atoms with Crippen LogP contribution >= 0.6 is 0 Å². The van der Waals surface area contributed by atoms with Crippen LogP contribution in [-0.4, -0.2) is 16.4 Å². The summed E-state index contributed by atoms with van der Waals surface area (Å²) in [5, 5.41) is 1.19. The average molecular weight is 361 g/mol. The average Bonchev–Trinajstić information content (AvgIpc) is 2.95. The van der Waals surface area contributed by atoms with Gasteiger partial charge in [0.25, 0.3) is 0 Å². The zero-order valence-electron chi connectivity index (χ0n) is 14.3. The van der Waals surface area contributed by atoms with Crippen LogP contribution in [0.4, 0.5) is 4.39 Å². The first-order valence-electron chi connectivity index (χ1n) is 8.35. The molecule has 134 valence electrons. The van der Waals surface area contributed by atoms with E-state index in [1.807, 2.05) is 22.8 Å². The summed E-state index contributed by atoms with van der Waals surface area (Å²) in [7, 11) is 0. The van der Waals surface area contributed by atoms with Crippen molar-refractivity contribution >= 4 is 33.6 Å². The van der Waals surface area contributed by atoms with E-state index < -0.39 is 17.6 Å². The largest absolute Gasteiger partial charge is 0.366 e. The van der Waals surface area contributed by atoms with Crippen LogP contribution in [0.25, 0.3) is 21.8 Å². The molecule has 2 amide bonds. The Morgan fingerprint density at radius 2 is 1.56 bits per heavy atom. The summed E-state index contributed by atoms with van der Waals surface area (Å²) in [5.41, 5.74) is 14.0. The summed E-state index contributed by atoms with van der Waals surface area (Å²) in [6.45, 7) is 0.340. The molecule has 0 aliphatic carbocycles. The second kappa shape index (κ2) is 6.25. The first-order chi connectivity index (χ1) is 13.0. The quantitative estimate of drug-likeness (QED) is 0.584. The van der Waals surface area contributed by atoms with Gasteiger partial charge in [0, 0.05) is 34.0 Å². The van der Waals surface area contributed by atoms with Crippen molar-refractivity contribution in [1.29, 1.82) is 0 Å².